The number of aromatic nitrogens is 3. The van der Waals surface area contributed by atoms with Gasteiger partial charge in [-0.3, -0.25) is 9.59 Å². The molecule has 1 aliphatic rings. The molecule has 0 spiro atoms. The van der Waals surface area contributed by atoms with E-state index in [-0.39, 0.29) is 11.5 Å². The average molecular weight is 417 g/mol. The van der Waals surface area contributed by atoms with Gasteiger partial charge in [-0.25, -0.2) is 4.52 Å². The van der Waals surface area contributed by atoms with E-state index in [0.29, 0.717) is 29.7 Å². The van der Waals surface area contributed by atoms with Crippen molar-refractivity contribution in [1.29, 1.82) is 0 Å². The summed E-state index contributed by atoms with van der Waals surface area (Å²) >= 11 is 0. The molecule has 1 amide bonds. The fourth-order valence-corrected chi connectivity index (χ4v) is 4.20. The molecular weight excluding hydrogens is 394 g/mol. The van der Waals surface area contributed by atoms with Crippen molar-refractivity contribution in [3.63, 3.8) is 0 Å². The highest BCUT2D eigenvalue weighted by Gasteiger charge is 2.23. The summed E-state index contributed by atoms with van der Waals surface area (Å²) < 4.78 is 8.51. The predicted molar refractivity (Wildman–Crippen MR) is 119 cm³/mol. The molecule has 0 aliphatic carbocycles. The minimum Gasteiger partial charge on any atom is -0.497 e. The van der Waals surface area contributed by atoms with Crippen LogP contribution in [0.5, 0.6) is 5.75 Å². The Balaban J connectivity index is 1.39. The molecule has 31 heavy (non-hydrogen) atoms. The van der Waals surface area contributed by atoms with Crippen LogP contribution in [-0.2, 0) is 7.05 Å². The fraction of sp³-hybridized carbons (Fsp3) is 0.261. The van der Waals surface area contributed by atoms with Gasteiger partial charge in [-0.1, -0.05) is 6.07 Å². The highest BCUT2D eigenvalue weighted by Crippen LogP contribution is 2.23. The molecular formula is C23H23N5O3. The number of anilines is 1. The van der Waals surface area contributed by atoms with Crippen molar-refractivity contribution < 1.29 is 9.53 Å². The molecule has 0 N–H and O–H groups in total. The number of fused-ring (bicyclic) bond motifs is 3. The van der Waals surface area contributed by atoms with Crippen LogP contribution in [0.25, 0.3) is 16.6 Å². The quantitative estimate of drug-likeness (QED) is 0.511. The van der Waals surface area contributed by atoms with Crippen LogP contribution >= 0.6 is 0 Å². The number of ether oxygens (including phenoxy) is 1. The van der Waals surface area contributed by atoms with E-state index in [2.05, 4.69) is 16.1 Å². The number of amides is 1. The number of hydrogen-bond donors (Lipinski definition) is 0. The topological polar surface area (TPSA) is 72.1 Å². The lowest BCUT2D eigenvalue weighted by Gasteiger charge is -2.36. The number of carbonyl (C=O) groups excluding carboxylic acids is 1. The Labute approximate surface area is 178 Å². The summed E-state index contributed by atoms with van der Waals surface area (Å²) in [5, 5.41) is 4.26. The first-order chi connectivity index (χ1) is 15.1. The van der Waals surface area contributed by atoms with Gasteiger partial charge in [-0.05, 0) is 36.4 Å². The fourth-order valence-electron chi connectivity index (χ4n) is 4.20. The molecule has 0 bridgehead atoms. The molecule has 1 fully saturated rings. The zero-order chi connectivity index (χ0) is 21.5. The summed E-state index contributed by atoms with van der Waals surface area (Å²) in [4.78, 5) is 29.9. The van der Waals surface area contributed by atoms with Crippen molar-refractivity contribution in [2.45, 2.75) is 0 Å². The lowest BCUT2D eigenvalue weighted by molar-refractivity contribution is 0.0747. The summed E-state index contributed by atoms with van der Waals surface area (Å²) in [6.45, 7) is 2.76. The van der Waals surface area contributed by atoms with Crippen LogP contribution in [0.1, 0.15) is 10.4 Å². The maximum absolute atomic E-state index is 13.2. The lowest BCUT2D eigenvalue weighted by atomic mass is 10.1. The highest BCUT2D eigenvalue weighted by atomic mass is 16.5. The molecule has 8 heteroatoms. The van der Waals surface area contributed by atoms with Crippen LogP contribution in [0.4, 0.5) is 5.69 Å². The number of carbonyl (C=O) groups is 1. The van der Waals surface area contributed by atoms with Gasteiger partial charge in [0.1, 0.15) is 11.3 Å². The SMILES string of the molecule is COc1cccc(N2CCN(C(=O)c3ccc4c(c3)n(C)c(=O)c3ccnn34)CC2)c1. The molecule has 3 heterocycles. The van der Waals surface area contributed by atoms with Gasteiger partial charge in [0.2, 0.25) is 0 Å². The second-order valence-electron chi connectivity index (χ2n) is 7.68. The second kappa shape index (κ2) is 7.46. The third kappa shape index (κ3) is 3.20. The van der Waals surface area contributed by atoms with E-state index in [1.54, 1.807) is 41.6 Å². The smallest absolute Gasteiger partial charge is 0.276 e. The van der Waals surface area contributed by atoms with Crippen molar-refractivity contribution in [2.24, 2.45) is 7.05 Å². The normalized spacial score (nSPS) is 14.4. The molecule has 2 aromatic heterocycles. The molecule has 0 unspecified atom stereocenters. The molecule has 8 nitrogen and oxygen atoms in total. The Morgan fingerprint density at radius 1 is 0.968 bits per heavy atom. The Hall–Kier alpha value is -3.81. The van der Waals surface area contributed by atoms with Crippen molar-refractivity contribution in [2.75, 3.05) is 38.2 Å². The van der Waals surface area contributed by atoms with Gasteiger partial charge in [0.15, 0.2) is 0 Å². The van der Waals surface area contributed by atoms with Crippen LogP contribution in [0.15, 0.2) is 59.5 Å². The van der Waals surface area contributed by atoms with Gasteiger partial charge < -0.3 is 19.1 Å². The number of benzene rings is 2. The summed E-state index contributed by atoms with van der Waals surface area (Å²) in [7, 11) is 3.38. The van der Waals surface area contributed by atoms with Crippen LogP contribution in [-0.4, -0.2) is 58.3 Å². The van der Waals surface area contributed by atoms with Crippen LogP contribution < -0.4 is 15.2 Å². The summed E-state index contributed by atoms with van der Waals surface area (Å²) in [5.41, 5.74) is 3.52. The first kappa shape index (κ1) is 19.2. The van der Waals surface area contributed by atoms with Gasteiger partial charge in [0.05, 0.1) is 24.3 Å². The number of hydrogen-bond acceptors (Lipinski definition) is 5. The molecule has 0 atom stereocenters. The maximum atomic E-state index is 13.2. The minimum atomic E-state index is -0.137. The third-order valence-electron chi connectivity index (χ3n) is 5.96. The zero-order valence-corrected chi connectivity index (χ0v) is 17.5. The van der Waals surface area contributed by atoms with Gasteiger partial charge >= 0.3 is 0 Å². The van der Waals surface area contributed by atoms with E-state index >= 15 is 0 Å². The Morgan fingerprint density at radius 2 is 1.77 bits per heavy atom. The predicted octanol–water partition coefficient (Wildman–Crippen LogP) is 2.16. The number of methoxy groups -OCH3 is 1. The van der Waals surface area contributed by atoms with E-state index in [4.69, 9.17) is 4.74 Å². The van der Waals surface area contributed by atoms with Crippen LogP contribution in [0.2, 0.25) is 0 Å². The van der Waals surface area contributed by atoms with E-state index in [1.807, 2.05) is 35.2 Å². The molecule has 0 saturated carbocycles. The van der Waals surface area contributed by atoms with Gasteiger partial charge in [0, 0.05) is 50.5 Å². The molecule has 158 valence electrons. The minimum absolute atomic E-state index is 0.0276. The number of piperazine rings is 1. The van der Waals surface area contributed by atoms with E-state index in [1.165, 1.54) is 0 Å². The van der Waals surface area contributed by atoms with E-state index in [0.717, 1.165) is 30.0 Å². The third-order valence-corrected chi connectivity index (χ3v) is 5.96. The summed E-state index contributed by atoms with van der Waals surface area (Å²) in [6, 6.07) is 15.1. The Morgan fingerprint density at radius 3 is 2.55 bits per heavy atom. The standard InChI is InChI=1S/C23H23N5O3/c1-25-21-14-16(6-7-19(21)28-20(23(25)30)8-9-24-28)22(29)27-12-10-26(11-13-27)17-4-3-5-18(15-17)31-2/h3-9,14-15H,10-13H2,1-2H3. The number of aryl methyl sites for hydroxylation is 1. The number of nitrogens with zero attached hydrogens (tertiary/aromatic N) is 5. The Bertz CT molecular complexity index is 1350. The van der Waals surface area contributed by atoms with Crippen molar-refractivity contribution in [3.8, 4) is 5.75 Å². The number of rotatable bonds is 3. The Kier molecular flexibility index (Phi) is 4.62. The maximum Gasteiger partial charge on any atom is 0.276 e. The van der Waals surface area contributed by atoms with Crippen molar-refractivity contribution in [1.82, 2.24) is 19.1 Å². The highest BCUT2D eigenvalue weighted by molar-refractivity contribution is 5.97. The largest absolute Gasteiger partial charge is 0.497 e. The van der Waals surface area contributed by atoms with Gasteiger partial charge in [-0.2, -0.15) is 5.10 Å². The van der Waals surface area contributed by atoms with Gasteiger partial charge in [-0.15, -0.1) is 0 Å². The van der Waals surface area contributed by atoms with Crippen LogP contribution in [0, 0.1) is 0 Å². The summed E-state index contributed by atoms with van der Waals surface area (Å²) in [5.74, 6) is 0.796. The molecule has 0 radical (unpaired) electrons. The molecule has 1 aliphatic heterocycles. The van der Waals surface area contributed by atoms with Crippen molar-refractivity contribution >= 4 is 28.1 Å². The van der Waals surface area contributed by atoms with E-state index in [9.17, 15) is 9.59 Å². The zero-order valence-electron chi connectivity index (χ0n) is 17.5. The molecule has 1 saturated heterocycles. The molecule has 2 aromatic carbocycles. The molecule has 4 aromatic rings. The monoisotopic (exact) mass is 417 g/mol. The average Bonchev–Trinajstić information content (AvgIpc) is 3.32. The first-order valence-electron chi connectivity index (χ1n) is 10.2. The van der Waals surface area contributed by atoms with E-state index < -0.39 is 0 Å². The van der Waals surface area contributed by atoms with Crippen molar-refractivity contribution in [3.05, 3.63) is 70.6 Å². The second-order valence-corrected chi connectivity index (χ2v) is 7.68. The van der Waals surface area contributed by atoms with Gasteiger partial charge in [0.25, 0.3) is 11.5 Å². The lowest BCUT2D eigenvalue weighted by Crippen LogP contribution is -2.48. The first-order valence-corrected chi connectivity index (χ1v) is 10.2. The summed E-state index contributed by atoms with van der Waals surface area (Å²) in [6.07, 6.45) is 1.61. The van der Waals surface area contributed by atoms with Crippen LogP contribution in [0.3, 0.4) is 0 Å². The molecule has 5 rings (SSSR count).